The van der Waals surface area contributed by atoms with Crippen LogP contribution in [0, 0.1) is 15.5 Å². The number of hydrazine groups is 1. The molecule has 0 amide bonds. The number of rotatable bonds is 2. The second-order valence-electron chi connectivity index (χ2n) is 5.06. The summed E-state index contributed by atoms with van der Waals surface area (Å²) in [6.45, 7) is 9.85. The van der Waals surface area contributed by atoms with E-state index in [0.717, 1.165) is 5.01 Å². The zero-order chi connectivity index (χ0) is 11.8. The summed E-state index contributed by atoms with van der Waals surface area (Å²) < 4.78 is 0. The molecule has 1 heterocycles. The molecule has 0 fully saturated rings. The Kier molecular flexibility index (Phi) is 2.88. The van der Waals surface area contributed by atoms with Gasteiger partial charge in [0.1, 0.15) is 0 Å². The lowest BCUT2D eigenvalue weighted by Crippen LogP contribution is -2.52. The molecule has 1 aliphatic heterocycles. The Bertz CT molecular complexity index is 282. The van der Waals surface area contributed by atoms with E-state index >= 15 is 0 Å². The summed E-state index contributed by atoms with van der Waals surface area (Å²) in [6.07, 6.45) is 0.961. The fourth-order valence-electron chi connectivity index (χ4n) is 1.70. The average Bonchev–Trinajstić information content (AvgIpc) is 2.45. The van der Waals surface area contributed by atoms with Crippen molar-refractivity contribution in [3.05, 3.63) is 10.1 Å². The van der Waals surface area contributed by atoms with E-state index in [1.807, 2.05) is 34.6 Å². The summed E-state index contributed by atoms with van der Waals surface area (Å²) in [5.74, 6) is 0. The summed E-state index contributed by atoms with van der Waals surface area (Å²) in [5, 5.41) is 17.3. The van der Waals surface area contributed by atoms with Gasteiger partial charge in [-0.15, -0.1) is 0 Å². The molecule has 0 bridgehead atoms. The van der Waals surface area contributed by atoms with Gasteiger partial charge in [0.25, 0.3) is 0 Å². The Morgan fingerprint density at radius 3 is 2.33 bits per heavy atom. The minimum Gasteiger partial charge on any atom is -0.264 e. The minimum atomic E-state index is -0.415. The maximum absolute atomic E-state index is 10.8. The summed E-state index contributed by atoms with van der Waals surface area (Å²) in [4.78, 5) is 10.8. The molecule has 1 aliphatic rings. The zero-order valence-corrected chi connectivity index (χ0v) is 9.84. The Balaban J connectivity index is 2.98. The Hall–Kier alpha value is -1.33. The van der Waals surface area contributed by atoms with E-state index < -0.39 is 5.03 Å². The van der Waals surface area contributed by atoms with E-state index in [2.05, 4.69) is 5.10 Å². The van der Waals surface area contributed by atoms with Crippen molar-refractivity contribution in [2.45, 2.75) is 46.8 Å². The molecule has 1 rings (SSSR count). The maximum Gasteiger partial charge on any atom is 0.188 e. The fourth-order valence-corrected chi connectivity index (χ4v) is 1.70. The molecule has 0 aromatic heterocycles. The SMILES string of the molecule is CC(C)N1N=CN([N+](=O)[O-])C1C(C)(C)C. The Labute approximate surface area is 89.7 Å². The first-order valence-electron chi connectivity index (χ1n) is 5.00. The molecule has 0 aromatic carbocycles. The normalized spacial score (nSPS) is 21.6. The number of nitrogens with zero attached hydrogens (tertiary/aromatic N) is 4. The fraction of sp³-hybridized carbons (Fsp3) is 0.889. The van der Waals surface area contributed by atoms with Crippen LogP contribution in [0.15, 0.2) is 5.10 Å². The van der Waals surface area contributed by atoms with E-state index in [1.165, 1.54) is 6.34 Å². The van der Waals surface area contributed by atoms with Gasteiger partial charge in [-0.05, 0) is 13.8 Å². The highest BCUT2D eigenvalue weighted by Crippen LogP contribution is 2.31. The first-order valence-corrected chi connectivity index (χ1v) is 5.00. The van der Waals surface area contributed by atoms with Gasteiger partial charge in [0.2, 0.25) is 0 Å². The van der Waals surface area contributed by atoms with Crippen molar-refractivity contribution in [1.82, 2.24) is 10.0 Å². The van der Waals surface area contributed by atoms with Crippen LogP contribution in [0.4, 0.5) is 0 Å². The predicted molar refractivity (Wildman–Crippen MR) is 57.5 cm³/mol. The highest BCUT2D eigenvalue weighted by molar-refractivity contribution is 5.55. The molecule has 6 heteroatoms. The molecular weight excluding hydrogens is 196 g/mol. The van der Waals surface area contributed by atoms with E-state index in [-0.39, 0.29) is 17.6 Å². The van der Waals surface area contributed by atoms with Crippen molar-refractivity contribution in [2.24, 2.45) is 10.5 Å². The minimum absolute atomic E-state index is 0.149. The molecule has 86 valence electrons. The van der Waals surface area contributed by atoms with Gasteiger partial charge >= 0.3 is 0 Å². The van der Waals surface area contributed by atoms with Crippen LogP contribution >= 0.6 is 0 Å². The number of hydrogen-bond donors (Lipinski definition) is 0. The molecule has 0 aliphatic carbocycles. The molecule has 0 aromatic rings. The van der Waals surface area contributed by atoms with Crippen LogP contribution in [0.1, 0.15) is 34.6 Å². The summed E-state index contributed by atoms with van der Waals surface area (Å²) in [5.41, 5.74) is -0.228. The van der Waals surface area contributed by atoms with Crippen molar-refractivity contribution in [3.63, 3.8) is 0 Å². The third-order valence-corrected chi connectivity index (χ3v) is 2.30. The third kappa shape index (κ3) is 2.19. The Morgan fingerprint density at radius 2 is 2.00 bits per heavy atom. The van der Waals surface area contributed by atoms with Crippen molar-refractivity contribution < 1.29 is 5.03 Å². The van der Waals surface area contributed by atoms with Gasteiger partial charge in [-0.1, -0.05) is 25.8 Å². The van der Waals surface area contributed by atoms with Gasteiger partial charge in [0.05, 0.1) is 0 Å². The van der Waals surface area contributed by atoms with Crippen LogP contribution in [-0.2, 0) is 0 Å². The van der Waals surface area contributed by atoms with E-state index in [4.69, 9.17) is 0 Å². The molecule has 1 atom stereocenters. The zero-order valence-electron chi connectivity index (χ0n) is 9.84. The van der Waals surface area contributed by atoms with Gasteiger partial charge in [-0.3, -0.25) is 5.01 Å². The van der Waals surface area contributed by atoms with E-state index in [0.29, 0.717) is 0 Å². The van der Waals surface area contributed by atoms with Crippen LogP contribution in [0.3, 0.4) is 0 Å². The maximum atomic E-state index is 10.8. The lowest BCUT2D eigenvalue weighted by Gasteiger charge is -2.36. The lowest BCUT2D eigenvalue weighted by atomic mass is 9.91. The molecule has 0 saturated carbocycles. The van der Waals surface area contributed by atoms with Gasteiger partial charge in [0, 0.05) is 11.5 Å². The smallest absolute Gasteiger partial charge is 0.188 e. The van der Waals surface area contributed by atoms with Crippen molar-refractivity contribution in [3.8, 4) is 0 Å². The quantitative estimate of drug-likeness (QED) is 0.516. The number of hydrazone groups is 1. The molecule has 0 spiro atoms. The molecule has 0 radical (unpaired) electrons. The van der Waals surface area contributed by atoms with Gasteiger partial charge in [0.15, 0.2) is 17.5 Å². The second kappa shape index (κ2) is 3.67. The van der Waals surface area contributed by atoms with Crippen LogP contribution in [0.2, 0.25) is 0 Å². The van der Waals surface area contributed by atoms with Crippen LogP contribution in [-0.4, -0.2) is 33.6 Å². The second-order valence-corrected chi connectivity index (χ2v) is 5.06. The monoisotopic (exact) mass is 214 g/mol. The predicted octanol–water partition coefficient (Wildman–Crippen LogP) is 1.52. The molecule has 6 nitrogen and oxygen atoms in total. The van der Waals surface area contributed by atoms with Crippen molar-refractivity contribution in [2.75, 3.05) is 0 Å². The first kappa shape index (κ1) is 11.7. The van der Waals surface area contributed by atoms with Gasteiger partial charge in [-0.2, -0.15) is 5.10 Å². The van der Waals surface area contributed by atoms with Crippen molar-refractivity contribution in [1.29, 1.82) is 0 Å². The number of hydrogen-bond acceptors (Lipinski definition) is 4. The topological polar surface area (TPSA) is 62.0 Å². The van der Waals surface area contributed by atoms with Crippen LogP contribution in [0.5, 0.6) is 0 Å². The highest BCUT2D eigenvalue weighted by Gasteiger charge is 2.44. The summed E-state index contributed by atoms with van der Waals surface area (Å²) in [6, 6.07) is 0.149. The lowest BCUT2D eigenvalue weighted by molar-refractivity contribution is -0.642. The third-order valence-electron chi connectivity index (χ3n) is 2.30. The average molecular weight is 214 g/mol. The van der Waals surface area contributed by atoms with Gasteiger partial charge < -0.3 is 0 Å². The van der Waals surface area contributed by atoms with Gasteiger partial charge in [-0.25, -0.2) is 10.1 Å². The van der Waals surface area contributed by atoms with Crippen molar-refractivity contribution >= 4 is 6.34 Å². The van der Waals surface area contributed by atoms with Crippen LogP contribution < -0.4 is 0 Å². The van der Waals surface area contributed by atoms with E-state index in [1.54, 1.807) is 5.01 Å². The molecule has 0 saturated heterocycles. The standard InChI is InChI=1S/C9H18N4O2/c1-7(2)12-8(9(3,4)5)11(6-10-12)13(14)15/h6-8H,1-5H3. The largest absolute Gasteiger partial charge is 0.264 e. The molecule has 1 unspecified atom stereocenters. The first-order chi connectivity index (χ1) is 6.75. The highest BCUT2D eigenvalue weighted by atomic mass is 16.7. The Morgan fingerprint density at radius 1 is 1.47 bits per heavy atom. The molecule has 0 N–H and O–H groups in total. The van der Waals surface area contributed by atoms with E-state index in [9.17, 15) is 10.1 Å². The summed E-state index contributed by atoms with van der Waals surface area (Å²) in [7, 11) is 0. The van der Waals surface area contributed by atoms with Crippen LogP contribution in [0.25, 0.3) is 0 Å². The molecule has 15 heavy (non-hydrogen) atoms. The molecular formula is C9H18N4O2. The summed E-state index contributed by atoms with van der Waals surface area (Å²) >= 11 is 0. The number of nitro groups is 1.